The number of rotatable bonds is 8. The highest BCUT2D eigenvalue weighted by atomic mass is 32.2. The molecule has 0 aliphatic carbocycles. The maximum absolute atomic E-state index is 12.6. The highest BCUT2D eigenvalue weighted by molar-refractivity contribution is 7.92. The predicted octanol–water partition coefficient (Wildman–Crippen LogP) is 3.38. The summed E-state index contributed by atoms with van der Waals surface area (Å²) in [6, 6.07) is 14.9. The van der Waals surface area contributed by atoms with E-state index in [1.165, 1.54) is 36.7 Å². The fourth-order valence-corrected chi connectivity index (χ4v) is 3.60. The van der Waals surface area contributed by atoms with Crippen LogP contribution in [0.4, 0.5) is 11.6 Å². The van der Waals surface area contributed by atoms with E-state index in [2.05, 4.69) is 20.0 Å². The van der Waals surface area contributed by atoms with E-state index in [-0.39, 0.29) is 16.8 Å². The first-order chi connectivity index (χ1) is 14.4. The molecule has 3 rings (SSSR count). The second kappa shape index (κ2) is 9.36. The third kappa shape index (κ3) is 5.54. The molecule has 0 saturated carbocycles. The molecule has 9 heteroatoms. The summed E-state index contributed by atoms with van der Waals surface area (Å²) >= 11 is 0. The molecule has 0 unspecified atom stereocenters. The van der Waals surface area contributed by atoms with Crippen LogP contribution >= 0.6 is 0 Å². The van der Waals surface area contributed by atoms with Crippen molar-refractivity contribution in [1.29, 1.82) is 0 Å². The lowest BCUT2D eigenvalue weighted by Gasteiger charge is -2.17. The number of nitrogens with zero attached hydrogens (tertiary/aromatic N) is 2. The summed E-state index contributed by atoms with van der Waals surface area (Å²) in [6.07, 6.45) is 2.68. The van der Waals surface area contributed by atoms with Crippen molar-refractivity contribution in [2.45, 2.75) is 31.3 Å². The third-order valence-electron chi connectivity index (χ3n) is 4.15. The predicted molar refractivity (Wildman–Crippen MR) is 114 cm³/mol. The molecule has 1 heterocycles. The van der Waals surface area contributed by atoms with Gasteiger partial charge in [0.1, 0.15) is 5.75 Å². The van der Waals surface area contributed by atoms with Gasteiger partial charge >= 0.3 is 0 Å². The van der Waals surface area contributed by atoms with Crippen molar-refractivity contribution in [3.8, 4) is 5.75 Å². The van der Waals surface area contributed by atoms with Crippen molar-refractivity contribution < 1.29 is 17.9 Å². The van der Waals surface area contributed by atoms with E-state index in [0.717, 1.165) is 5.56 Å². The number of nitrogens with one attached hydrogen (secondary N) is 2. The summed E-state index contributed by atoms with van der Waals surface area (Å²) in [6.45, 7) is 3.80. The van der Waals surface area contributed by atoms with Gasteiger partial charge in [0, 0.05) is 18.1 Å². The van der Waals surface area contributed by atoms with E-state index in [0.29, 0.717) is 17.9 Å². The Kier molecular flexibility index (Phi) is 6.63. The van der Waals surface area contributed by atoms with Crippen molar-refractivity contribution >= 4 is 27.6 Å². The highest BCUT2D eigenvalue weighted by Gasteiger charge is 2.20. The second-order valence-corrected chi connectivity index (χ2v) is 8.21. The summed E-state index contributed by atoms with van der Waals surface area (Å²) in [4.78, 5) is 20.3. The van der Waals surface area contributed by atoms with Gasteiger partial charge in [-0.15, -0.1) is 0 Å². The molecule has 1 amide bonds. The van der Waals surface area contributed by atoms with Crippen LogP contribution in [0.2, 0.25) is 0 Å². The van der Waals surface area contributed by atoms with E-state index >= 15 is 0 Å². The number of carbonyl (C=O) groups excluding carboxylic acids is 1. The molecule has 0 aliphatic heterocycles. The molecule has 0 fully saturated rings. The van der Waals surface area contributed by atoms with Crippen molar-refractivity contribution in [2.75, 3.05) is 10.0 Å². The topological polar surface area (TPSA) is 110 Å². The fraction of sp³-hybridized carbons (Fsp3) is 0.190. The van der Waals surface area contributed by atoms with Gasteiger partial charge in [-0.1, -0.05) is 19.1 Å². The van der Waals surface area contributed by atoms with E-state index in [1.54, 1.807) is 12.1 Å². The molecule has 1 atom stereocenters. The molecule has 0 bridgehead atoms. The summed E-state index contributed by atoms with van der Waals surface area (Å²) in [5, 5.41) is 2.75. The molecule has 8 nitrogen and oxygen atoms in total. The quantitative estimate of drug-likeness (QED) is 0.571. The number of hydrogen-bond acceptors (Lipinski definition) is 6. The van der Waals surface area contributed by atoms with Gasteiger partial charge in [-0.05, 0) is 61.4 Å². The molecule has 3 aromatic rings. The Hall–Kier alpha value is -3.46. The molecule has 30 heavy (non-hydrogen) atoms. The molecule has 2 N–H and O–H groups in total. The Morgan fingerprint density at radius 3 is 2.40 bits per heavy atom. The SMILES string of the molecule is CC[C@@H](Oc1cccc(C)c1)C(=O)Nc1ccc(S(=O)(=O)Nc2ncccn2)cc1. The van der Waals surface area contributed by atoms with Gasteiger partial charge in [-0.3, -0.25) is 4.79 Å². The van der Waals surface area contributed by atoms with E-state index in [4.69, 9.17) is 4.74 Å². The van der Waals surface area contributed by atoms with Crippen molar-refractivity contribution in [3.63, 3.8) is 0 Å². The molecule has 0 spiro atoms. The maximum Gasteiger partial charge on any atom is 0.265 e. The van der Waals surface area contributed by atoms with Crippen molar-refractivity contribution in [3.05, 3.63) is 72.6 Å². The Labute approximate surface area is 175 Å². The lowest BCUT2D eigenvalue weighted by molar-refractivity contribution is -0.122. The Morgan fingerprint density at radius 2 is 1.77 bits per heavy atom. The van der Waals surface area contributed by atoms with Crippen LogP contribution in [0.5, 0.6) is 5.75 Å². The number of carbonyl (C=O) groups is 1. The Balaban J connectivity index is 1.66. The Bertz CT molecular complexity index is 1100. The average molecular weight is 426 g/mol. The number of anilines is 2. The third-order valence-corrected chi connectivity index (χ3v) is 5.50. The summed E-state index contributed by atoms with van der Waals surface area (Å²) in [5.74, 6) is 0.284. The van der Waals surface area contributed by atoms with Crippen LogP contribution in [0.1, 0.15) is 18.9 Å². The minimum atomic E-state index is -3.84. The number of aromatic nitrogens is 2. The second-order valence-electron chi connectivity index (χ2n) is 6.52. The number of benzene rings is 2. The molecule has 156 valence electrons. The van der Waals surface area contributed by atoms with Crippen LogP contribution < -0.4 is 14.8 Å². The van der Waals surface area contributed by atoms with Crippen LogP contribution in [-0.4, -0.2) is 30.4 Å². The van der Waals surface area contributed by atoms with Gasteiger partial charge in [0.15, 0.2) is 6.10 Å². The zero-order chi connectivity index (χ0) is 21.6. The lowest BCUT2D eigenvalue weighted by Crippen LogP contribution is -2.32. The van der Waals surface area contributed by atoms with Crippen LogP contribution in [0.3, 0.4) is 0 Å². The molecule has 1 aromatic heterocycles. The van der Waals surface area contributed by atoms with Crippen molar-refractivity contribution in [1.82, 2.24) is 9.97 Å². The van der Waals surface area contributed by atoms with E-state index in [9.17, 15) is 13.2 Å². The van der Waals surface area contributed by atoms with Gasteiger partial charge < -0.3 is 10.1 Å². The molecular formula is C21H22N4O4S. The molecular weight excluding hydrogens is 404 g/mol. The normalized spacial score (nSPS) is 12.1. The van der Waals surface area contributed by atoms with Gasteiger partial charge in [-0.25, -0.2) is 23.1 Å². The summed E-state index contributed by atoms with van der Waals surface area (Å²) in [7, 11) is -3.84. The number of ether oxygens (including phenoxy) is 1. The van der Waals surface area contributed by atoms with Crippen LogP contribution in [-0.2, 0) is 14.8 Å². The van der Waals surface area contributed by atoms with Crippen LogP contribution in [0.15, 0.2) is 71.9 Å². The van der Waals surface area contributed by atoms with Gasteiger partial charge in [0.05, 0.1) is 4.90 Å². The molecule has 2 aromatic carbocycles. The zero-order valence-electron chi connectivity index (χ0n) is 16.6. The summed E-state index contributed by atoms with van der Waals surface area (Å²) < 4.78 is 32.9. The largest absolute Gasteiger partial charge is 0.481 e. The molecule has 0 aliphatic rings. The van der Waals surface area contributed by atoms with Gasteiger partial charge in [-0.2, -0.15) is 0 Å². The Morgan fingerprint density at radius 1 is 1.07 bits per heavy atom. The number of hydrogen-bond donors (Lipinski definition) is 2. The molecule has 0 radical (unpaired) electrons. The van der Waals surface area contributed by atoms with Crippen molar-refractivity contribution in [2.24, 2.45) is 0 Å². The first-order valence-corrected chi connectivity index (χ1v) is 10.8. The number of amides is 1. The maximum atomic E-state index is 12.6. The first-order valence-electron chi connectivity index (χ1n) is 9.31. The number of aryl methyl sites for hydroxylation is 1. The minimum absolute atomic E-state index is 0.0195. The van der Waals surface area contributed by atoms with Crippen LogP contribution in [0, 0.1) is 6.92 Å². The number of sulfonamides is 1. The monoisotopic (exact) mass is 426 g/mol. The fourth-order valence-electron chi connectivity index (χ4n) is 2.65. The average Bonchev–Trinajstić information content (AvgIpc) is 2.73. The van der Waals surface area contributed by atoms with E-state index < -0.39 is 16.1 Å². The smallest absolute Gasteiger partial charge is 0.265 e. The van der Waals surface area contributed by atoms with Gasteiger partial charge in [0.2, 0.25) is 5.95 Å². The van der Waals surface area contributed by atoms with E-state index in [1.807, 2.05) is 32.0 Å². The molecule has 0 saturated heterocycles. The first kappa shape index (κ1) is 21.3. The lowest BCUT2D eigenvalue weighted by atomic mass is 10.2. The zero-order valence-corrected chi connectivity index (χ0v) is 17.4. The van der Waals surface area contributed by atoms with Crippen LogP contribution in [0.25, 0.3) is 0 Å². The highest BCUT2D eigenvalue weighted by Crippen LogP contribution is 2.19. The standard InChI is InChI=1S/C21H22N4O4S/c1-3-19(29-17-7-4-6-15(2)14-17)20(26)24-16-8-10-18(11-9-16)30(27,28)25-21-22-12-5-13-23-21/h4-14,19H,3H2,1-2H3,(H,24,26)(H,22,23,25)/t19-/m1/s1. The van der Waals surface area contributed by atoms with Gasteiger partial charge in [0.25, 0.3) is 15.9 Å². The minimum Gasteiger partial charge on any atom is -0.481 e. The summed E-state index contributed by atoms with van der Waals surface area (Å²) in [5.41, 5.74) is 1.50.